The maximum absolute atomic E-state index is 13.6. The second kappa shape index (κ2) is 9.95. The highest BCUT2D eigenvalue weighted by Gasteiger charge is 2.42. The monoisotopic (exact) mass is 463 g/mol. The fourth-order valence-electron chi connectivity index (χ4n) is 5.36. The number of hydrogen-bond acceptors (Lipinski definition) is 4. The molecule has 2 heterocycles. The lowest BCUT2D eigenvalue weighted by molar-refractivity contribution is -0.122. The van der Waals surface area contributed by atoms with E-state index < -0.39 is 5.41 Å². The molecule has 0 radical (unpaired) electrons. The van der Waals surface area contributed by atoms with Crippen LogP contribution in [0.4, 0.5) is 16.2 Å². The number of hydrogen-bond donors (Lipinski definition) is 2. The number of carbonyl (C=O) groups is 2. The minimum absolute atomic E-state index is 0.00687. The summed E-state index contributed by atoms with van der Waals surface area (Å²) in [6.07, 6.45) is 9.29. The first-order valence-corrected chi connectivity index (χ1v) is 12.5. The van der Waals surface area contributed by atoms with Gasteiger partial charge in [0.15, 0.2) is 11.5 Å². The lowest BCUT2D eigenvalue weighted by Crippen LogP contribution is -2.42. The van der Waals surface area contributed by atoms with Crippen molar-refractivity contribution in [2.75, 3.05) is 30.5 Å². The Morgan fingerprint density at radius 3 is 2.06 bits per heavy atom. The van der Waals surface area contributed by atoms with E-state index in [1.54, 1.807) is 0 Å². The molecular formula is C27H33N3O4. The van der Waals surface area contributed by atoms with Crippen LogP contribution in [0.3, 0.4) is 0 Å². The van der Waals surface area contributed by atoms with Gasteiger partial charge in [-0.05, 0) is 67.6 Å². The minimum Gasteiger partial charge on any atom is -0.454 e. The molecule has 3 aliphatic rings. The molecule has 0 unspecified atom stereocenters. The van der Waals surface area contributed by atoms with E-state index in [4.69, 9.17) is 9.47 Å². The smallest absolute Gasteiger partial charge is 0.321 e. The van der Waals surface area contributed by atoms with Crippen molar-refractivity contribution < 1.29 is 19.1 Å². The molecule has 1 aliphatic carbocycles. The van der Waals surface area contributed by atoms with Gasteiger partial charge in [0.2, 0.25) is 12.7 Å². The highest BCUT2D eigenvalue weighted by atomic mass is 16.7. The van der Waals surface area contributed by atoms with Crippen LogP contribution in [0, 0.1) is 0 Å². The summed E-state index contributed by atoms with van der Waals surface area (Å²) in [7, 11) is 0. The van der Waals surface area contributed by atoms with E-state index in [9.17, 15) is 9.59 Å². The van der Waals surface area contributed by atoms with E-state index >= 15 is 0 Å². The summed E-state index contributed by atoms with van der Waals surface area (Å²) in [5.41, 5.74) is 1.85. The molecule has 5 rings (SSSR count). The number of nitrogens with one attached hydrogen (secondary N) is 2. The Balaban J connectivity index is 1.28. The van der Waals surface area contributed by atoms with Crippen molar-refractivity contribution in [2.24, 2.45) is 0 Å². The molecule has 3 amide bonds. The molecule has 1 saturated heterocycles. The summed E-state index contributed by atoms with van der Waals surface area (Å²) in [5.74, 6) is 1.44. The summed E-state index contributed by atoms with van der Waals surface area (Å²) < 4.78 is 11.0. The molecule has 7 heteroatoms. The summed E-state index contributed by atoms with van der Waals surface area (Å²) in [6.45, 7) is 1.84. The lowest BCUT2D eigenvalue weighted by atomic mass is 9.68. The molecule has 2 aliphatic heterocycles. The van der Waals surface area contributed by atoms with Crippen molar-refractivity contribution in [3.63, 3.8) is 0 Å². The number of carbonyl (C=O) groups excluding carboxylic acids is 2. The van der Waals surface area contributed by atoms with Crippen molar-refractivity contribution in [2.45, 2.75) is 63.2 Å². The van der Waals surface area contributed by atoms with Crippen LogP contribution in [0.25, 0.3) is 0 Å². The van der Waals surface area contributed by atoms with E-state index in [-0.39, 0.29) is 18.7 Å². The van der Waals surface area contributed by atoms with Gasteiger partial charge in [-0.3, -0.25) is 4.79 Å². The van der Waals surface area contributed by atoms with Crippen molar-refractivity contribution in [1.29, 1.82) is 0 Å². The Labute approximate surface area is 200 Å². The molecule has 2 N–H and O–H groups in total. The zero-order valence-electron chi connectivity index (χ0n) is 19.6. The Morgan fingerprint density at radius 1 is 0.735 bits per heavy atom. The quantitative estimate of drug-likeness (QED) is 0.613. The molecule has 2 aromatic carbocycles. The fraction of sp³-hybridized carbons (Fsp3) is 0.481. The maximum atomic E-state index is 13.6. The fourth-order valence-corrected chi connectivity index (χ4v) is 5.36. The molecule has 2 fully saturated rings. The maximum Gasteiger partial charge on any atom is 0.321 e. The van der Waals surface area contributed by atoms with Gasteiger partial charge in [-0.25, -0.2) is 4.79 Å². The summed E-state index contributed by atoms with van der Waals surface area (Å²) >= 11 is 0. The third-order valence-corrected chi connectivity index (χ3v) is 7.35. The Hall–Kier alpha value is -3.22. The number of nitrogens with zero attached hydrogens (tertiary/aromatic N) is 1. The van der Waals surface area contributed by atoms with Crippen LogP contribution in [-0.4, -0.2) is 36.7 Å². The molecular weight excluding hydrogens is 430 g/mol. The standard InChI is InChI=1S/C27H33N3O4/c31-25(27(14-4-3-5-15-27)20-8-13-23-24(18-20)34-19-33-23)28-21-9-11-22(12-10-21)29-26(32)30-16-6-1-2-7-17-30/h8-13,18H,1-7,14-17,19H2,(H,28,31)(H,29,32). The number of amides is 3. The topological polar surface area (TPSA) is 79.9 Å². The number of fused-ring (bicyclic) bond motifs is 1. The first-order chi connectivity index (χ1) is 16.6. The van der Waals surface area contributed by atoms with Gasteiger partial charge in [0.05, 0.1) is 5.41 Å². The second-order valence-corrected chi connectivity index (χ2v) is 9.57. The van der Waals surface area contributed by atoms with Gasteiger partial charge in [0.1, 0.15) is 0 Å². The predicted octanol–water partition coefficient (Wildman–Crippen LogP) is 5.66. The van der Waals surface area contributed by atoms with Crippen LogP contribution in [-0.2, 0) is 10.2 Å². The average Bonchev–Trinajstić information content (AvgIpc) is 3.17. The van der Waals surface area contributed by atoms with Crippen LogP contribution in [0.15, 0.2) is 42.5 Å². The largest absolute Gasteiger partial charge is 0.454 e. The minimum atomic E-state index is -0.584. The molecule has 34 heavy (non-hydrogen) atoms. The van der Waals surface area contributed by atoms with Crippen molar-refractivity contribution in [3.8, 4) is 11.5 Å². The first kappa shape index (κ1) is 22.6. The molecule has 0 spiro atoms. The second-order valence-electron chi connectivity index (χ2n) is 9.57. The molecule has 0 aromatic heterocycles. The van der Waals surface area contributed by atoms with Crippen LogP contribution in [0.1, 0.15) is 63.4 Å². The average molecular weight is 464 g/mol. The van der Waals surface area contributed by atoms with E-state index in [1.165, 1.54) is 12.8 Å². The first-order valence-electron chi connectivity index (χ1n) is 12.5. The SMILES string of the molecule is O=C(Nc1ccc(NC(=O)C2(c3ccc4c(c3)OCO4)CCCCC2)cc1)N1CCCCCC1. The van der Waals surface area contributed by atoms with Gasteiger partial charge in [-0.15, -0.1) is 0 Å². The van der Waals surface area contributed by atoms with Crippen LogP contribution < -0.4 is 20.1 Å². The summed E-state index contributed by atoms with van der Waals surface area (Å²) in [4.78, 5) is 28.1. The molecule has 2 aromatic rings. The zero-order chi connectivity index (χ0) is 23.4. The van der Waals surface area contributed by atoms with Crippen LogP contribution in [0.2, 0.25) is 0 Å². The number of urea groups is 1. The summed E-state index contributed by atoms with van der Waals surface area (Å²) in [5, 5.41) is 6.13. The van der Waals surface area contributed by atoms with Gasteiger partial charge < -0.3 is 25.0 Å². The molecule has 180 valence electrons. The number of benzene rings is 2. The highest BCUT2D eigenvalue weighted by Crippen LogP contribution is 2.44. The van der Waals surface area contributed by atoms with E-state index in [0.717, 1.165) is 80.7 Å². The van der Waals surface area contributed by atoms with Crippen molar-refractivity contribution in [1.82, 2.24) is 4.90 Å². The van der Waals surface area contributed by atoms with Gasteiger partial charge in [-0.2, -0.15) is 0 Å². The molecule has 0 atom stereocenters. The number of ether oxygens (including phenoxy) is 2. The van der Waals surface area contributed by atoms with Gasteiger partial charge in [-0.1, -0.05) is 38.2 Å². The molecule has 7 nitrogen and oxygen atoms in total. The van der Waals surface area contributed by atoms with Gasteiger partial charge in [0, 0.05) is 24.5 Å². The Kier molecular flexibility index (Phi) is 6.61. The van der Waals surface area contributed by atoms with E-state index in [0.29, 0.717) is 5.75 Å². The molecule has 0 bridgehead atoms. The number of rotatable bonds is 4. The van der Waals surface area contributed by atoms with Crippen LogP contribution in [0.5, 0.6) is 11.5 Å². The molecule has 1 saturated carbocycles. The van der Waals surface area contributed by atoms with Crippen molar-refractivity contribution >= 4 is 23.3 Å². The van der Waals surface area contributed by atoms with Gasteiger partial charge >= 0.3 is 6.03 Å². The third kappa shape index (κ3) is 4.69. The third-order valence-electron chi connectivity index (χ3n) is 7.35. The van der Waals surface area contributed by atoms with Gasteiger partial charge in [0.25, 0.3) is 0 Å². The lowest BCUT2D eigenvalue weighted by Gasteiger charge is -2.36. The van der Waals surface area contributed by atoms with Crippen molar-refractivity contribution in [3.05, 3.63) is 48.0 Å². The number of anilines is 2. The normalized spacial score (nSPS) is 19.2. The Morgan fingerprint density at radius 2 is 1.35 bits per heavy atom. The number of likely N-dealkylation sites (tertiary alicyclic amines) is 1. The van der Waals surface area contributed by atoms with Crippen LogP contribution >= 0.6 is 0 Å². The summed E-state index contributed by atoms with van der Waals surface area (Å²) in [6, 6.07) is 13.2. The Bertz CT molecular complexity index is 1020. The zero-order valence-corrected chi connectivity index (χ0v) is 19.6. The van der Waals surface area contributed by atoms with E-state index in [2.05, 4.69) is 10.6 Å². The predicted molar refractivity (Wildman–Crippen MR) is 131 cm³/mol. The van der Waals surface area contributed by atoms with E-state index in [1.807, 2.05) is 47.4 Å². The highest BCUT2D eigenvalue weighted by molar-refractivity contribution is 5.99.